The van der Waals surface area contributed by atoms with Crippen LogP contribution in [0.5, 0.6) is 0 Å². The second-order valence-electron chi connectivity index (χ2n) is 4.32. The quantitative estimate of drug-likeness (QED) is 0.760. The predicted molar refractivity (Wildman–Crippen MR) is 63.8 cm³/mol. The predicted octanol–water partition coefficient (Wildman–Crippen LogP) is -0.0315. The Kier molecular flexibility index (Phi) is 3.24. The van der Waals surface area contributed by atoms with Crippen molar-refractivity contribution in [3.63, 3.8) is 0 Å². The van der Waals surface area contributed by atoms with Crippen LogP contribution in [-0.2, 0) is 7.05 Å². The van der Waals surface area contributed by atoms with E-state index < -0.39 is 0 Å². The highest BCUT2D eigenvalue weighted by atomic mass is 16.1. The first-order valence-corrected chi connectivity index (χ1v) is 5.64. The summed E-state index contributed by atoms with van der Waals surface area (Å²) in [4.78, 5) is 17.8. The van der Waals surface area contributed by atoms with E-state index in [1.807, 2.05) is 11.9 Å². The number of likely N-dealkylation sites (N-methyl/N-ethyl adjacent to an activating group) is 1. The van der Waals surface area contributed by atoms with Crippen LogP contribution in [0.25, 0.3) is 0 Å². The molecule has 88 valence electrons. The zero-order valence-electron chi connectivity index (χ0n) is 9.81. The fourth-order valence-electron chi connectivity index (χ4n) is 1.58. The fourth-order valence-corrected chi connectivity index (χ4v) is 1.58. The van der Waals surface area contributed by atoms with E-state index in [4.69, 9.17) is 0 Å². The summed E-state index contributed by atoms with van der Waals surface area (Å²) in [5.74, 6) is 0.516. The topological polar surface area (TPSA) is 50.2 Å². The van der Waals surface area contributed by atoms with Gasteiger partial charge in [-0.05, 0) is 12.8 Å². The Morgan fingerprint density at radius 3 is 3.06 bits per heavy atom. The van der Waals surface area contributed by atoms with Crippen molar-refractivity contribution in [2.75, 3.05) is 25.0 Å². The molecule has 1 aliphatic rings. The molecule has 0 aliphatic heterocycles. The van der Waals surface area contributed by atoms with E-state index in [0.717, 1.165) is 13.1 Å². The van der Waals surface area contributed by atoms with Crippen LogP contribution in [0.4, 0.5) is 5.82 Å². The van der Waals surface area contributed by atoms with Gasteiger partial charge in [-0.2, -0.15) is 0 Å². The number of hydrogen-bond donors (Lipinski definition) is 1. The van der Waals surface area contributed by atoms with Crippen molar-refractivity contribution in [3.8, 4) is 0 Å². The summed E-state index contributed by atoms with van der Waals surface area (Å²) in [5, 5.41) is 3.41. The third-order valence-electron chi connectivity index (χ3n) is 2.82. The molecule has 0 amide bonds. The third kappa shape index (κ3) is 2.61. The molecule has 1 fully saturated rings. The summed E-state index contributed by atoms with van der Waals surface area (Å²) >= 11 is 0. The second-order valence-corrected chi connectivity index (χ2v) is 4.32. The molecule has 2 rings (SSSR count). The molecule has 0 unspecified atom stereocenters. The van der Waals surface area contributed by atoms with Crippen LogP contribution in [0.15, 0.2) is 17.2 Å². The van der Waals surface area contributed by atoms with Crippen LogP contribution in [-0.4, -0.2) is 35.7 Å². The van der Waals surface area contributed by atoms with Crippen molar-refractivity contribution < 1.29 is 0 Å². The molecule has 0 saturated heterocycles. The van der Waals surface area contributed by atoms with Gasteiger partial charge in [0.1, 0.15) is 0 Å². The zero-order valence-corrected chi connectivity index (χ0v) is 9.81. The van der Waals surface area contributed by atoms with E-state index in [0.29, 0.717) is 11.9 Å². The van der Waals surface area contributed by atoms with Crippen molar-refractivity contribution in [3.05, 3.63) is 22.7 Å². The molecular formula is C11H18N4O. The highest BCUT2D eigenvalue weighted by Crippen LogP contribution is 2.18. The molecule has 0 radical (unpaired) electrons. The minimum Gasteiger partial charge on any atom is -0.354 e. The summed E-state index contributed by atoms with van der Waals surface area (Å²) < 4.78 is 1.55. The highest BCUT2D eigenvalue weighted by molar-refractivity contribution is 5.34. The largest absolute Gasteiger partial charge is 0.354 e. The maximum Gasteiger partial charge on any atom is 0.293 e. The highest BCUT2D eigenvalue weighted by Gasteiger charge is 2.20. The molecule has 0 spiro atoms. The van der Waals surface area contributed by atoms with E-state index >= 15 is 0 Å². The van der Waals surface area contributed by atoms with Crippen LogP contribution in [0, 0.1) is 0 Å². The average Bonchev–Trinajstić information content (AvgIpc) is 3.06. The lowest BCUT2D eigenvalue weighted by Crippen LogP contribution is -2.35. The molecule has 0 bridgehead atoms. The number of nitrogens with one attached hydrogen (secondary N) is 1. The van der Waals surface area contributed by atoms with Crippen molar-refractivity contribution >= 4 is 5.82 Å². The smallest absolute Gasteiger partial charge is 0.293 e. The summed E-state index contributed by atoms with van der Waals surface area (Å²) in [6.45, 7) is 1.71. The molecular weight excluding hydrogens is 204 g/mol. The Morgan fingerprint density at radius 1 is 1.62 bits per heavy atom. The number of aryl methyl sites for hydroxylation is 1. The van der Waals surface area contributed by atoms with Crippen molar-refractivity contribution in [1.29, 1.82) is 0 Å². The number of anilines is 1. The molecule has 1 saturated carbocycles. The lowest BCUT2D eigenvalue weighted by molar-refractivity contribution is 0.668. The lowest BCUT2D eigenvalue weighted by Gasteiger charge is -2.17. The van der Waals surface area contributed by atoms with E-state index in [-0.39, 0.29) is 5.56 Å². The summed E-state index contributed by atoms with van der Waals surface area (Å²) in [6, 6.07) is 0.708. The summed E-state index contributed by atoms with van der Waals surface area (Å²) in [5.41, 5.74) is -0.0450. The molecule has 0 aromatic carbocycles. The van der Waals surface area contributed by atoms with Gasteiger partial charge < -0.3 is 14.8 Å². The first-order chi connectivity index (χ1) is 7.68. The van der Waals surface area contributed by atoms with Crippen molar-refractivity contribution in [2.24, 2.45) is 7.05 Å². The van der Waals surface area contributed by atoms with Gasteiger partial charge in [0.15, 0.2) is 5.82 Å². The number of rotatable bonds is 5. The van der Waals surface area contributed by atoms with Gasteiger partial charge in [-0.3, -0.25) is 4.79 Å². The monoisotopic (exact) mass is 222 g/mol. The van der Waals surface area contributed by atoms with Crippen LogP contribution in [0.1, 0.15) is 12.8 Å². The third-order valence-corrected chi connectivity index (χ3v) is 2.82. The van der Waals surface area contributed by atoms with Gasteiger partial charge in [-0.1, -0.05) is 0 Å². The summed E-state index contributed by atoms with van der Waals surface area (Å²) in [7, 11) is 3.64. The van der Waals surface area contributed by atoms with Crippen LogP contribution in [0.3, 0.4) is 0 Å². The van der Waals surface area contributed by atoms with Gasteiger partial charge >= 0.3 is 0 Å². The lowest BCUT2D eigenvalue weighted by atomic mass is 10.5. The molecule has 16 heavy (non-hydrogen) atoms. The van der Waals surface area contributed by atoms with E-state index in [2.05, 4.69) is 10.3 Å². The standard InChI is InChI=1S/C11H18N4O/c1-14(7-5-12-9-3-4-9)10-11(16)15(2)8-6-13-10/h6,8-9,12H,3-5,7H2,1-2H3. The Morgan fingerprint density at radius 2 is 2.38 bits per heavy atom. The molecule has 1 aliphatic carbocycles. The minimum absolute atomic E-state index is 0.0450. The molecule has 5 heteroatoms. The molecule has 1 aromatic heterocycles. The maximum atomic E-state index is 11.8. The van der Waals surface area contributed by atoms with Gasteiger partial charge in [0.2, 0.25) is 0 Å². The van der Waals surface area contributed by atoms with Gasteiger partial charge in [0.05, 0.1) is 0 Å². The normalized spacial score (nSPS) is 15.1. The number of nitrogens with zero attached hydrogens (tertiary/aromatic N) is 3. The number of aromatic nitrogens is 2. The minimum atomic E-state index is -0.0450. The second kappa shape index (κ2) is 4.65. The molecule has 1 N–H and O–H groups in total. The van der Waals surface area contributed by atoms with Crippen molar-refractivity contribution in [2.45, 2.75) is 18.9 Å². The number of hydrogen-bond acceptors (Lipinski definition) is 4. The maximum absolute atomic E-state index is 11.8. The zero-order chi connectivity index (χ0) is 11.5. The van der Waals surface area contributed by atoms with Gasteiger partial charge in [-0.15, -0.1) is 0 Å². The Balaban J connectivity index is 1.93. The van der Waals surface area contributed by atoms with E-state index in [9.17, 15) is 4.79 Å². The molecule has 5 nitrogen and oxygen atoms in total. The van der Waals surface area contributed by atoms with Gasteiger partial charge in [0.25, 0.3) is 5.56 Å². The fraction of sp³-hybridized carbons (Fsp3) is 0.636. The average molecular weight is 222 g/mol. The Bertz CT molecular complexity index is 411. The Labute approximate surface area is 95.1 Å². The van der Waals surface area contributed by atoms with E-state index in [1.165, 1.54) is 12.8 Å². The summed E-state index contributed by atoms with van der Waals surface area (Å²) in [6.07, 6.45) is 5.90. The first-order valence-electron chi connectivity index (χ1n) is 5.64. The van der Waals surface area contributed by atoms with Gasteiger partial charge in [0, 0.05) is 45.6 Å². The van der Waals surface area contributed by atoms with Crippen LogP contribution >= 0.6 is 0 Å². The van der Waals surface area contributed by atoms with Crippen LogP contribution in [0.2, 0.25) is 0 Å². The first kappa shape index (κ1) is 11.1. The van der Waals surface area contributed by atoms with Crippen molar-refractivity contribution in [1.82, 2.24) is 14.9 Å². The Hall–Kier alpha value is -1.36. The molecule has 0 atom stereocenters. The van der Waals surface area contributed by atoms with Crippen LogP contribution < -0.4 is 15.8 Å². The SMILES string of the molecule is CN(CCNC1CC1)c1nccn(C)c1=O. The van der Waals surface area contributed by atoms with Gasteiger partial charge in [-0.25, -0.2) is 4.98 Å². The van der Waals surface area contributed by atoms with E-state index in [1.54, 1.807) is 24.0 Å². The molecule has 1 aromatic rings. The molecule has 1 heterocycles.